The molecular formula is C14H30N2OS. The van der Waals surface area contributed by atoms with Crippen molar-refractivity contribution < 1.29 is 4.79 Å². The maximum absolute atomic E-state index is 11.5. The van der Waals surface area contributed by atoms with E-state index in [9.17, 15) is 4.79 Å². The van der Waals surface area contributed by atoms with E-state index in [4.69, 9.17) is 5.73 Å². The Morgan fingerprint density at radius 1 is 1.39 bits per heavy atom. The molecule has 1 atom stereocenters. The highest BCUT2D eigenvalue weighted by molar-refractivity contribution is 7.99. The second-order valence-electron chi connectivity index (χ2n) is 5.55. The molecule has 3 nitrogen and oxygen atoms in total. The summed E-state index contributed by atoms with van der Waals surface area (Å²) in [4.78, 5) is 11.5. The zero-order valence-corrected chi connectivity index (χ0v) is 13.2. The monoisotopic (exact) mass is 274 g/mol. The molecule has 3 N–H and O–H groups in total. The van der Waals surface area contributed by atoms with Crippen LogP contribution in [-0.4, -0.2) is 29.5 Å². The van der Waals surface area contributed by atoms with Crippen LogP contribution in [0.4, 0.5) is 0 Å². The summed E-state index contributed by atoms with van der Waals surface area (Å²) in [5.74, 6) is 2.94. The molecule has 0 aliphatic carbocycles. The first kappa shape index (κ1) is 17.8. The quantitative estimate of drug-likeness (QED) is 0.570. The Hall–Kier alpha value is -0.220. The summed E-state index contributed by atoms with van der Waals surface area (Å²) >= 11 is 2.00. The van der Waals surface area contributed by atoms with Gasteiger partial charge in [0.15, 0.2) is 0 Å². The van der Waals surface area contributed by atoms with E-state index < -0.39 is 5.54 Å². The van der Waals surface area contributed by atoms with Gasteiger partial charge in [0.25, 0.3) is 0 Å². The average molecular weight is 274 g/mol. The molecular weight excluding hydrogens is 244 g/mol. The fourth-order valence-electron chi connectivity index (χ4n) is 1.70. The van der Waals surface area contributed by atoms with Crippen LogP contribution in [0.25, 0.3) is 0 Å². The van der Waals surface area contributed by atoms with Crippen LogP contribution >= 0.6 is 11.8 Å². The lowest BCUT2D eigenvalue weighted by Crippen LogP contribution is -2.53. The second-order valence-corrected chi connectivity index (χ2v) is 6.70. The molecule has 0 fully saturated rings. The topological polar surface area (TPSA) is 55.1 Å². The SMILES string of the molecule is CCCNC(C)(CCCCSCC(C)C)C(N)=O. The first-order chi connectivity index (χ1) is 8.42. The molecule has 0 heterocycles. The fourth-order valence-corrected chi connectivity index (χ4v) is 2.75. The lowest BCUT2D eigenvalue weighted by atomic mass is 9.94. The second kappa shape index (κ2) is 9.68. The number of nitrogens with one attached hydrogen (secondary N) is 1. The van der Waals surface area contributed by atoms with E-state index in [0.717, 1.165) is 38.1 Å². The zero-order valence-electron chi connectivity index (χ0n) is 12.4. The number of nitrogens with two attached hydrogens (primary N) is 1. The van der Waals surface area contributed by atoms with Crippen LogP contribution in [0.2, 0.25) is 0 Å². The molecule has 0 aliphatic rings. The minimum atomic E-state index is -0.529. The van der Waals surface area contributed by atoms with Crippen LogP contribution in [0, 0.1) is 5.92 Å². The van der Waals surface area contributed by atoms with Crippen molar-refractivity contribution in [2.24, 2.45) is 11.7 Å². The highest BCUT2D eigenvalue weighted by Gasteiger charge is 2.29. The predicted octanol–water partition coefficient (Wildman–Crippen LogP) is 2.79. The number of unbranched alkanes of at least 4 members (excludes halogenated alkanes) is 1. The molecule has 108 valence electrons. The van der Waals surface area contributed by atoms with E-state index in [1.165, 1.54) is 11.5 Å². The Morgan fingerprint density at radius 2 is 2.06 bits per heavy atom. The molecule has 0 spiro atoms. The van der Waals surface area contributed by atoms with Gasteiger partial charge in [-0.15, -0.1) is 0 Å². The van der Waals surface area contributed by atoms with Gasteiger partial charge in [-0.3, -0.25) is 4.79 Å². The molecule has 1 amide bonds. The number of hydrogen-bond acceptors (Lipinski definition) is 3. The molecule has 0 aliphatic heterocycles. The van der Waals surface area contributed by atoms with Gasteiger partial charge in [-0.2, -0.15) is 11.8 Å². The summed E-state index contributed by atoms with van der Waals surface area (Å²) in [5, 5.41) is 3.27. The number of thioether (sulfide) groups is 1. The Bertz CT molecular complexity index is 234. The maximum atomic E-state index is 11.5. The van der Waals surface area contributed by atoms with Gasteiger partial charge >= 0.3 is 0 Å². The molecule has 1 unspecified atom stereocenters. The van der Waals surface area contributed by atoms with Crippen LogP contribution in [-0.2, 0) is 4.79 Å². The van der Waals surface area contributed by atoms with Crippen molar-refractivity contribution in [3.63, 3.8) is 0 Å². The van der Waals surface area contributed by atoms with Gasteiger partial charge in [0, 0.05) is 0 Å². The molecule has 0 aromatic heterocycles. The van der Waals surface area contributed by atoms with Crippen LogP contribution in [0.3, 0.4) is 0 Å². The van der Waals surface area contributed by atoms with Gasteiger partial charge < -0.3 is 11.1 Å². The highest BCUT2D eigenvalue weighted by atomic mass is 32.2. The maximum Gasteiger partial charge on any atom is 0.237 e. The van der Waals surface area contributed by atoms with Crippen molar-refractivity contribution in [2.45, 2.75) is 58.9 Å². The summed E-state index contributed by atoms with van der Waals surface area (Å²) < 4.78 is 0. The van der Waals surface area contributed by atoms with Crippen LogP contribution in [0.5, 0.6) is 0 Å². The first-order valence-corrected chi connectivity index (χ1v) is 8.20. The number of primary amides is 1. The fraction of sp³-hybridized carbons (Fsp3) is 0.929. The van der Waals surface area contributed by atoms with Gasteiger partial charge in [-0.1, -0.05) is 27.2 Å². The third-order valence-corrected chi connectivity index (χ3v) is 4.46. The van der Waals surface area contributed by atoms with Crippen molar-refractivity contribution in [2.75, 3.05) is 18.1 Å². The van der Waals surface area contributed by atoms with Crippen molar-refractivity contribution >= 4 is 17.7 Å². The normalized spacial score (nSPS) is 14.7. The molecule has 0 saturated carbocycles. The van der Waals surface area contributed by atoms with Crippen molar-refractivity contribution in [3.05, 3.63) is 0 Å². The van der Waals surface area contributed by atoms with Gasteiger partial charge in [0.05, 0.1) is 5.54 Å². The lowest BCUT2D eigenvalue weighted by Gasteiger charge is -2.27. The first-order valence-electron chi connectivity index (χ1n) is 7.05. The van der Waals surface area contributed by atoms with E-state index in [1.54, 1.807) is 0 Å². The summed E-state index contributed by atoms with van der Waals surface area (Å²) in [6, 6.07) is 0. The summed E-state index contributed by atoms with van der Waals surface area (Å²) in [5.41, 5.74) is 4.96. The number of hydrogen-bond donors (Lipinski definition) is 2. The molecule has 0 aromatic carbocycles. The van der Waals surface area contributed by atoms with Crippen molar-refractivity contribution in [3.8, 4) is 0 Å². The number of carbonyl (C=O) groups is 1. The van der Waals surface area contributed by atoms with Gasteiger partial charge in [-0.05, 0) is 50.2 Å². The van der Waals surface area contributed by atoms with E-state index in [2.05, 4.69) is 26.1 Å². The summed E-state index contributed by atoms with van der Waals surface area (Å²) in [7, 11) is 0. The molecule has 18 heavy (non-hydrogen) atoms. The van der Waals surface area contributed by atoms with Crippen molar-refractivity contribution in [1.82, 2.24) is 5.32 Å². The third-order valence-electron chi connectivity index (χ3n) is 2.98. The zero-order chi connectivity index (χ0) is 14.0. The Labute approximate surface area is 117 Å². The van der Waals surface area contributed by atoms with Crippen LogP contribution < -0.4 is 11.1 Å². The molecule has 0 bridgehead atoms. The minimum absolute atomic E-state index is 0.231. The minimum Gasteiger partial charge on any atom is -0.368 e. The standard InChI is InChI=1S/C14H30N2OS/c1-5-9-16-14(4,13(15)17)8-6-7-10-18-11-12(2)3/h12,16H,5-11H2,1-4H3,(H2,15,17). The average Bonchev–Trinajstić information content (AvgIpc) is 2.30. The van der Waals surface area contributed by atoms with E-state index in [-0.39, 0.29) is 5.91 Å². The van der Waals surface area contributed by atoms with Gasteiger partial charge in [-0.25, -0.2) is 0 Å². The van der Waals surface area contributed by atoms with Gasteiger partial charge in [0.2, 0.25) is 5.91 Å². The van der Waals surface area contributed by atoms with E-state index >= 15 is 0 Å². The smallest absolute Gasteiger partial charge is 0.237 e. The highest BCUT2D eigenvalue weighted by Crippen LogP contribution is 2.16. The van der Waals surface area contributed by atoms with Crippen LogP contribution in [0.15, 0.2) is 0 Å². The summed E-state index contributed by atoms with van der Waals surface area (Å²) in [6.45, 7) is 9.35. The molecule has 4 heteroatoms. The van der Waals surface area contributed by atoms with E-state index in [1.807, 2.05) is 18.7 Å². The molecule has 0 aromatic rings. The summed E-state index contributed by atoms with van der Waals surface area (Å²) in [6.07, 6.45) is 4.08. The molecule has 0 saturated heterocycles. The molecule has 0 rings (SSSR count). The predicted molar refractivity (Wildman–Crippen MR) is 81.9 cm³/mol. The van der Waals surface area contributed by atoms with E-state index in [0.29, 0.717) is 0 Å². The van der Waals surface area contributed by atoms with Gasteiger partial charge in [0.1, 0.15) is 0 Å². The van der Waals surface area contributed by atoms with Crippen molar-refractivity contribution in [1.29, 1.82) is 0 Å². The van der Waals surface area contributed by atoms with Crippen LogP contribution in [0.1, 0.15) is 53.4 Å². The number of amides is 1. The molecule has 0 radical (unpaired) electrons. The number of carbonyl (C=O) groups excluding carboxylic acids is 1. The third kappa shape index (κ3) is 7.98. The largest absolute Gasteiger partial charge is 0.368 e. The Balaban J connectivity index is 3.80. The Kier molecular flexibility index (Phi) is 9.56. The lowest BCUT2D eigenvalue weighted by molar-refractivity contribution is -0.124. The number of rotatable bonds is 11. The Morgan fingerprint density at radius 3 is 2.56 bits per heavy atom.